The van der Waals surface area contributed by atoms with Crippen LogP contribution in [0.15, 0.2) is 40.4 Å². The molecule has 1 amide bonds. The second-order valence-corrected chi connectivity index (χ2v) is 10.6. The molecule has 3 N–H and O–H groups in total. The fourth-order valence-electron chi connectivity index (χ4n) is 4.34. The SMILES string of the molecule is COc1c(Nc2cc(C)[nH]n2)nc(Sc2ccc(NC(C)=O)cc2)nc1N1CCC(CCN(C)C)CC1. The van der Waals surface area contributed by atoms with Crippen molar-refractivity contribution in [1.82, 2.24) is 25.1 Å². The second kappa shape index (κ2) is 12.3. The molecule has 3 heterocycles. The van der Waals surface area contributed by atoms with Crippen molar-refractivity contribution in [2.45, 2.75) is 43.2 Å². The highest BCUT2D eigenvalue weighted by atomic mass is 32.2. The number of piperidine rings is 1. The number of anilines is 4. The summed E-state index contributed by atoms with van der Waals surface area (Å²) in [4.78, 5) is 26.6. The number of ether oxygens (including phenoxy) is 1. The number of hydrogen-bond acceptors (Lipinski definition) is 9. The van der Waals surface area contributed by atoms with Gasteiger partial charge in [0.2, 0.25) is 11.7 Å². The van der Waals surface area contributed by atoms with Crippen LogP contribution in [0.3, 0.4) is 0 Å². The maximum absolute atomic E-state index is 11.3. The number of benzene rings is 1. The molecule has 0 spiro atoms. The van der Waals surface area contributed by atoms with Crippen LogP contribution in [0.5, 0.6) is 5.75 Å². The normalized spacial score (nSPS) is 14.2. The van der Waals surface area contributed by atoms with Crippen molar-refractivity contribution in [1.29, 1.82) is 0 Å². The van der Waals surface area contributed by atoms with Gasteiger partial charge in [0.15, 0.2) is 22.6 Å². The number of carbonyl (C=O) groups is 1. The van der Waals surface area contributed by atoms with Crippen molar-refractivity contribution < 1.29 is 9.53 Å². The lowest BCUT2D eigenvalue weighted by atomic mass is 9.93. The fraction of sp³-hybridized carbons (Fsp3) is 0.462. The zero-order chi connectivity index (χ0) is 26.4. The first kappa shape index (κ1) is 26.7. The summed E-state index contributed by atoms with van der Waals surface area (Å²) in [6.07, 6.45) is 3.45. The highest BCUT2D eigenvalue weighted by Gasteiger charge is 2.26. The monoisotopic (exact) mass is 524 g/mol. The van der Waals surface area contributed by atoms with Crippen molar-refractivity contribution in [3.8, 4) is 5.75 Å². The largest absolute Gasteiger partial charge is 0.490 e. The third-order valence-electron chi connectivity index (χ3n) is 6.27. The van der Waals surface area contributed by atoms with Crippen molar-refractivity contribution in [2.75, 3.05) is 56.4 Å². The van der Waals surface area contributed by atoms with Crippen molar-refractivity contribution >= 4 is 40.8 Å². The number of rotatable bonds is 10. The highest BCUT2D eigenvalue weighted by molar-refractivity contribution is 7.99. The van der Waals surface area contributed by atoms with Gasteiger partial charge in [0.05, 0.1) is 7.11 Å². The Bertz CT molecular complexity index is 1190. The molecule has 0 aliphatic carbocycles. The number of hydrogen-bond donors (Lipinski definition) is 3. The number of nitrogens with zero attached hydrogens (tertiary/aromatic N) is 5. The molecule has 0 atom stereocenters. The Kier molecular flexibility index (Phi) is 8.88. The smallest absolute Gasteiger partial charge is 0.221 e. The van der Waals surface area contributed by atoms with Crippen LogP contribution in [0.1, 0.15) is 31.9 Å². The molecule has 1 fully saturated rings. The third-order valence-corrected chi connectivity index (χ3v) is 7.14. The first-order chi connectivity index (χ1) is 17.8. The molecular weight excluding hydrogens is 488 g/mol. The first-order valence-corrected chi connectivity index (χ1v) is 13.3. The Morgan fingerprint density at radius 2 is 1.95 bits per heavy atom. The molecule has 0 saturated carbocycles. The van der Waals surface area contributed by atoms with E-state index in [9.17, 15) is 4.79 Å². The summed E-state index contributed by atoms with van der Waals surface area (Å²) in [5.41, 5.74) is 1.70. The standard InChI is InChI=1S/C26H36N8O2S/c1-17-16-22(32-31-17)28-24-23(36-5)25(34-14-11-19(12-15-34)10-13-33(3)4)30-26(29-24)37-21-8-6-20(7-9-21)27-18(2)35/h6-9,16,19H,10-15H2,1-5H3,(H,27,35)(H2,28,29,30,31,32). The van der Waals surface area contributed by atoms with Crippen LogP contribution in [-0.4, -0.2) is 71.8 Å². The van der Waals surface area contributed by atoms with Gasteiger partial charge in [-0.25, -0.2) is 9.97 Å². The minimum absolute atomic E-state index is 0.0988. The Balaban J connectivity index is 1.60. The molecule has 1 aromatic carbocycles. The summed E-state index contributed by atoms with van der Waals surface area (Å²) >= 11 is 1.46. The molecule has 37 heavy (non-hydrogen) atoms. The zero-order valence-corrected chi connectivity index (χ0v) is 23.0. The van der Waals surface area contributed by atoms with E-state index in [2.05, 4.69) is 44.7 Å². The predicted octanol–water partition coefficient (Wildman–Crippen LogP) is 4.54. The van der Waals surface area contributed by atoms with Crippen LogP contribution < -0.4 is 20.3 Å². The summed E-state index contributed by atoms with van der Waals surface area (Å²) in [7, 11) is 5.91. The molecule has 0 unspecified atom stereocenters. The topological polar surface area (TPSA) is 111 Å². The summed E-state index contributed by atoms with van der Waals surface area (Å²) in [6.45, 7) is 6.40. The molecule has 198 valence electrons. The average Bonchev–Trinajstić information content (AvgIpc) is 3.28. The number of nitrogens with one attached hydrogen (secondary N) is 3. The second-order valence-electron chi connectivity index (χ2n) is 9.60. The van der Waals surface area contributed by atoms with Crippen LogP contribution in [-0.2, 0) is 4.79 Å². The van der Waals surface area contributed by atoms with E-state index in [4.69, 9.17) is 14.7 Å². The molecule has 4 rings (SSSR count). The molecule has 1 aliphatic rings. The Hall–Kier alpha value is -3.31. The van der Waals surface area contributed by atoms with E-state index in [0.29, 0.717) is 28.5 Å². The number of aromatic amines is 1. The van der Waals surface area contributed by atoms with E-state index in [1.165, 1.54) is 25.1 Å². The lowest BCUT2D eigenvalue weighted by Crippen LogP contribution is -2.35. The molecule has 10 nitrogen and oxygen atoms in total. The Labute approximate surface area is 222 Å². The molecule has 3 aromatic rings. The maximum Gasteiger partial charge on any atom is 0.221 e. The van der Waals surface area contributed by atoms with Gasteiger partial charge in [-0.1, -0.05) is 0 Å². The van der Waals surface area contributed by atoms with Gasteiger partial charge in [0.25, 0.3) is 0 Å². The average molecular weight is 525 g/mol. The van der Waals surface area contributed by atoms with Gasteiger partial charge in [-0.3, -0.25) is 9.89 Å². The molecule has 1 saturated heterocycles. The maximum atomic E-state index is 11.3. The van der Waals surface area contributed by atoms with Crippen LogP contribution in [0.4, 0.5) is 23.1 Å². The van der Waals surface area contributed by atoms with Gasteiger partial charge in [-0.05, 0) is 88.8 Å². The number of aromatic nitrogens is 4. The van der Waals surface area contributed by atoms with Gasteiger partial charge >= 0.3 is 0 Å². The fourth-order valence-corrected chi connectivity index (χ4v) is 5.10. The van der Waals surface area contributed by atoms with E-state index >= 15 is 0 Å². The molecular formula is C26H36N8O2S. The van der Waals surface area contributed by atoms with E-state index < -0.39 is 0 Å². The van der Waals surface area contributed by atoms with Gasteiger partial charge in [-0.2, -0.15) is 5.10 Å². The lowest BCUT2D eigenvalue weighted by molar-refractivity contribution is -0.114. The summed E-state index contributed by atoms with van der Waals surface area (Å²) in [6, 6.07) is 9.56. The number of H-pyrrole nitrogens is 1. The van der Waals surface area contributed by atoms with Gasteiger partial charge in [0, 0.05) is 42.4 Å². The van der Waals surface area contributed by atoms with Gasteiger partial charge in [-0.15, -0.1) is 0 Å². The number of aryl methyl sites for hydroxylation is 1. The minimum Gasteiger partial charge on any atom is -0.490 e. The van der Waals surface area contributed by atoms with Gasteiger partial charge in [0.1, 0.15) is 0 Å². The zero-order valence-electron chi connectivity index (χ0n) is 22.2. The number of carbonyl (C=O) groups excluding carboxylic acids is 1. The molecule has 2 aromatic heterocycles. The van der Waals surface area contributed by atoms with Crippen molar-refractivity contribution in [3.63, 3.8) is 0 Å². The third kappa shape index (κ3) is 7.36. The van der Waals surface area contributed by atoms with Crippen LogP contribution in [0.25, 0.3) is 0 Å². The summed E-state index contributed by atoms with van der Waals surface area (Å²) < 4.78 is 5.85. The summed E-state index contributed by atoms with van der Waals surface area (Å²) in [5.74, 6) is 3.25. The van der Waals surface area contributed by atoms with Crippen molar-refractivity contribution in [3.05, 3.63) is 36.0 Å². The van der Waals surface area contributed by atoms with E-state index in [1.54, 1.807) is 7.11 Å². The van der Waals surface area contributed by atoms with Crippen LogP contribution in [0.2, 0.25) is 0 Å². The molecule has 0 radical (unpaired) electrons. The van der Waals surface area contributed by atoms with E-state index in [1.807, 2.05) is 37.3 Å². The Morgan fingerprint density at radius 1 is 1.22 bits per heavy atom. The predicted molar refractivity (Wildman–Crippen MR) is 148 cm³/mol. The molecule has 0 bridgehead atoms. The molecule has 11 heteroatoms. The number of methoxy groups -OCH3 is 1. The van der Waals surface area contributed by atoms with Gasteiger partial charge < -0.3 is 25.2 Å². The van der Waals surface area contributed by atoms with Crippen molar-refractivity contribution in [2.24, 2.45) is 5.92 Å². The molecule has 1 aliphatic heterocycles. The minimum atomic E-state index is -0.0988. The first-order valence-electron chi connectivity index (χ1n) is 12.5. The lowest BCUT2D eigenvalue weighted by Gasteiger charge is -2.34. The quantitative estimate of drug-likeness (QED) is 0.329. The number of amides is 1. The van der Waals surface area contributed by atoms with E-state index in [-0.39, 0.29) is 5.91 Å². The summed E-state index contributed by atoms with van der Waals surface area (Å²) in [5, 5.41) is 14.0. The van der Waals surface area contributed by atoms with Crippen LogP contribution in [0, 0.1) is 12.8 Å². The van der Waals surface area contributed by atoms with E-state index in [0.717, 1.165) is 54.6 Å². The van der Waals surface area contributed by atoms with Crippen LogP contribution >= 0.6 is 11.8 Å². The Morgan fingerprint density at radius 3 is 2.54 bits per heavy atom. The highest BCUT2D eigenvalue weighted by Crippen LogP contribution is 2.39.